The molecule has 8 heteroatoms. The molecule has 0 saturated carbocycles. The normalized spacial score (nSPS) is 17.0. The van der Waals surface area contributed by atoms with Crippen molar-refractivity contribution in [3.8, 4) is 0 Å². The number of aryl methyl sites for hydroxylation is 2. The fraction of sp³-hybridized carbons (Fsp3) is 0.619. The van der Waals surface area contributed by atoms with Crippen LogP contribution in [0, 0.1) is 13.8 Å². The zero-order valence-electron chi connectivity index (χ0n) is 17.9. The van der Waals surface area contributed by atoms with Crippen LogP contribution in [0.5, 0.6) is 0 Å². The number of halogens is 1. The van der Waals surface area contributed by atoms with Crippen molar-refractivity contribution >= 4 is 41.3 Å². The van der Waals surface area contributed by atoms with Gasteiger partial charge >= 0.3 is 0 Å². The fourth-order valence-electron chi connectivity index (χ4n) is 3.99. The molecule has 1 fully saturated rings. The second kappa shape index (κ2) is 11.9. The van der Waals surface area contributed by atoms with Crippen molar-refractivity contribution in [1.82, 2.24) is 20.7 Å². The van der Waals surface area contributed by atoms with E-state index in [-0.39, 0.29) is 29.9 Å². The Balaban J connectivity index is 0.00000300. The summed E-state index contributed by atoms with van der Waals surface area (Å²) in [6, 6.07) is 4.80. The van der Waals surface area contributed by atoms with E-state index in [1.807, 2.05) is 25.2 Å². The molecule has 2 atom stereocenters. The van der Waals surface area contributed by atoms with Gasteiger partial charge in [-0.2, -0.15) is 0 Å². The summed E-state index contributed by atoms with van der Waals surface area (Å²) >= 11 is 1.84. The first-order valence-corrected chi connectivity index (χ1v) is 11.2. The lowest BCUT2D eigenvalue weighted by molar-refractivity contribution is 0.249. The molecule has 0 aliphatic carbocycles. The summed E-state index contributed by atoms with van der Waals surface area (Å²) in [4.78, 5) is 8.86. The first-order chi connectivity index (χ1) is 13.6. The van der Waals surface area contributed by atoms with Gasteiger partial charge in [-0.15, -0.1) is 35.3 Å². The SMILES string of the molecule is CCNC(=NCC(C)c1c(C)noc1C)NCC(c1cccs1)N1CCCC1.I. The lowest BCUT2D eigenvalue weighted by Crippen LogP contribution is -2.42. The minimum Gasteiger partial charge on any atom is -0.361 e. The highest BCUT2D eigenvalue weighted by Crippen LogP contribution is 2.28. The molecular formula is C21H34IN5OS. The van der Waals surface area contributed by atoms with Gasteiger partial charge in [-0.25, -0.2) is 0 Å². The van der Waals surface area contributed by atoms with E-state index in [0.29, 0.717) is 12.6 Å². The minimum absolute atomic E-state index is 0. The highest BCUT2D eigenvalue weighted by Gasteiger charge is 2.24. The van der Waals surface area contributed by atoms with Crippen LogP contribution in [0.25, 0.3) is 0 Å². The molecule has 162 valence electrons. The zero-order chi connectivity index (χ0) is 19.9. The average molecular weight is 532 g/mol. The standard InChI is InChI=1S/C21H33N5OS.HI/c1-5-22-21(23-13-15(2)20-16(3)25-27-17(20)4)24-14-18(19-9-8-12-28-19)26-10-6-7-11-26;/h8-9,12,15,18H,5-7,10-11,13-14H2,1-4H3,(H2,22,23,24);1H. The van der Waals surface area contributed by atoms with Crippen molar-refractivity contribution in [1.29, 1.82) is 0 Å². The Labute approximate surface area is 195 Å². The minimum atomic E-state index is 0. The van der Waals surface area contributed by atoms with Crippen molar-refractivity contribution in [3.63, 3.8) is 0 Å². The molecule has 0 aromatic carbocycles. The van der Waals surface area contributed by atoms with E-state index in [2.05, 4.69) is 52.1 Å². The van der Waals surface area contributed by atoms with E-state index < -0.39 is 0 Å². The molecule has 29 heavy (non-hydrogen) atoms. The van der Waals surface area contributed by atoms with E-state index in [0.717, 1.165) is 30.5 Å². The largest absolute Gasteiger partial charge is 0.361 e. The van der Waals surface area contributed by atoms with Crippen molar-refractivity contribution in [3.05, 3.63) is 39.4 Å². The Hall–Kier alpha value is -1.13. The van der Waals surface area contributed by atoms with Gasteiger partial charge in [0.1, 0.15) is 5.76 Å². The topological polar surface area (TPSA) is 65.7 Å². The summed E-state index contributed by atoms with van der Waals surface area (Å²) in [7, 11) is 0. The van der Waals surface area contributed by atoms with Gasteiger partial charge in [0.2, 0.25) is 0 Å². The molecule has 2 unspecified atom stereocenters. The molecule has 0 bridgehead atoms. The number of nitrogens with one attached hydrogen (secondary N) is 2. The van der Waals surface area contributed by atoms with Gasteiger partial charge in [-0.3, -0.25) is 9.89 Å². The molecule has 1 aliphatic rings. The van der Waals surface area contributed by atoms with E-state index in [9.17, 15) is 0 Å². The third kappa shape index (κ3) is 6.42. The molecule has 2 aromatic heterocycles. The summed E-state index contributed by atoms with van der Waals surface area (Å²) in [6.07, 6.45) is 2.59. The molecule has 6 nitrogen and oxygen atoms in total. The van der Waals surface area contributed by atoms with Crippen molar-refractivity contribution in [2.24, 2.45) is 4.99 Å². The number of hydrogen-bond acceptors (Lipinski definition) is 5. The maximum Gasteiger partial charge on any atom is 0.191 e. The Morgan fingerprint density at radius 3 is 2.66 bits per heavy atom. The second-order valence-corrected chi connectivity index (χ2v) is 8.49. The number of aliphatic imine (C=N–C) groups is 1. The van der Waals surface area contributed by atoms with Gasteiger partial charge in [0.15, 0.2) is 5.96 Å². The first-order valence-electron chi connectivity index (χ1n) is 10.3. The van der Waals surface area contributed by atoms with Crippen LogP contribution in [0.4, 0.5) is 0 Å². The number of aromatic nitrogens is 1. The first kappa shape index (κ1) is 24.1. The number of guanidine groups is 1. The average Bonchev–Trinajstić information content (AvgIpc) is 3.43. The number of rotatable bonds is 8. The molecule has 2 aromatic rings. The Bertz CT molecular complexity index is 736. The van der Waals surface area contributed by atoms with Crippen LogP contribution in [0.3, 0.4) is 0 Å². The maximum atomic E-state index is 5.31. The lowest BCUT2D eigenvalue weighted by atomic mass is 10.00. The summed E-state index contributed by atoms with van der Waals surface area (Å²) in [5, 5.41) is 13.2. The fourth-order valence-corrected chi connectivity index (χ4v) is 4.85. The van der Waals surface area contributed by atoms with E-state index in [1.54, 1.807) is 0 Å². The highest BCUT2D eigenvalue weighted by molar-refractivity contribution is 14.0. The van der Waals surface area contributed by atoms with Gasteiger partial charge in [-0.05, 0) is 58.1 Å². The van der Waals surface area contributed by atoms with Crippen LogP contribution in [0.1, 0.15) is 60.5 Å². The summed E-state index contributed by atoms with van der Waals surface area (Å²) in [5.74, 6) is 2.04. The third-order valence-corrected chi connectivity index (χ3v) is 6.34. The molecule has 0 spiro atoms. The summed E-state index contributed by atoms with van der Waals surface area (Å²) < 4.78 is 5.31. The van der Waals surface area contributed by atoms with Crippen LogP contribution in [0.2, 0.25) is 0 Å². The zero-order valence-corrected chi connectivity index (χ0v) is 21.0. The monoisotopic (exact) mass is 531 g/mol. The van der Waals surface area contributed by atoms with E-state index in [1.165, 1.54) is 36.4 Å². The molecule has 2 N–H and O–H groups in total. The van der Waals surface area contributed by atoms with Gasteiger partial charge in [0, 0.05) is 36.0 Å². The van der Waals surface area contributed by atoms with Crippen molar-refractivity contribution in [2.45, 2.75) is 52.5 Å². The molecule has 3 rings (SSSR count). The number of thiophene rings is 1. The molecule has 0 amide bonds. The van der Waals surface area contributed by atoms with Crippen LogP contribution >= 0.6 is 35.3 Å². The van der Waals surface area contributed by atoms with E-state index in [4.69, 9.17) is 9.52 Å². The molecule has 0 radical (unpaired) electrons. The molecule has 1 aliphatic heterocycles. The van der Waals surface area contributed by atoms with Gasteiger partial charge in [-0.1, -0.05) is 18.1 Å². The predicted molar refractivity (Wildman–Crippen MR) is 132 cm³/mol. The van der Waals surface area contributed by atoms with Crippen molar-refractivity contribution < 1.29 is 4.52 Å². The highest BCUT2D eigenvalue weighted by atomic mass is 127. The smallest absolute Gasteiger partial charge is 0.191 e. The predicted octanol–water partition coefficient (Wildman–Crippen LogP) is 4.47. The lowest BCUT2D eigenvalue weighted by Gasteiger charge is -2.27. The number of hydrogen-bond donors (Lipinski definition) is 2. The van der Waals surface area contributed by atoms with Crippen LogP contribution < -0.4 is 10.6 Å². The third-order valence-electron chi connectivity index (χ3n) is 5.36. The quantitative estimate of drug-likeness (QED) is 0.299. The number of nitrogens with zero attached hydrogens (tertiary/aromatic N) is 3. The van der Waals surface area contributed by atoms with Gasteiger partial charge < -0.3 is 15.2 Å². The van der Waals surface area contributed by atoms with Crippen LogP contribution in [-0.4, -0.2) is 48.7 Å². The molecule has 3 heterocycles. The second-order valence-electron chi connectivity index (χ2n) is 7.51. The summed E-state index contributed by atoms with van der Waals surface area (Å²) in [5.41, 5.74) is 2.14. The van der Waals surface area contributed by atoms with Gasteiger partial charge in [0.05, 0.1) is 11.7 Å². The van der Waals surface area contributed by atoms with Crippen molar-refractivity contribution in [2.75, 3.05) is 32.7 Å². The maximum absolute atomic E-state index is 5.31. The molecular weight excluding hydrogens is 497 g/mol. The van der Waals surface area contributed by atoms with E-state index >= 15 is 0 Å². The number of likely N-dealkylation sites (tertiary alicyclic amines) is 1. The van der Waals surface area contributed by atoms with Crippen LogP contribution in [0.15, 0.2) is 27.0 Å². The summed E-state index contributed by atoms with van der Waals surface area (Å²) in [6.45, 7) is 13.0. The Morgan fingerprint density at radius 1 is 1.31 bits per heavy atom. The Kier molecular flexibility index (Phi) is 9.91. The Morgan fingerprint density at radius 2 is 2.07 bits per heavy atom. The van der Waals surface area contributed by atoms with Crippen LogP contribution in [-0.2, 0) is 0 Å². The molecule has 1 saturated heterocycles. The van der Waals surface area contributed by atoms with Gasteiger partial charge in [0.25, 0.3) is 0 Å².